The maximum Gasteiger partial charge on any atom is 0.283 e. The minimum atomic E-state index is -0.753. The second kappa shape index (κ2) is 8.60. The number of rotatable bonds is 7. The number of hydrogen-bond donors (Lipinski definition) is 2. The van der Waals surface area contributed by atoms with Crippen molar-refractivity contribution in [1.82, 2.24) is 15.5 Å². The van der Waals surface area contributed by atoms with Gasteiger partial charge in [0.2, 0.25) is 17.7 Å². The summed E-state index contributed by atoms with van der Waals surface area (Å²) >= 11 is 1.02. The summed E-state index contributed by atoms with van der Waals surface area (Å²) in [5, 5.41) is 18.3. The van der Waals surface area contributed by atoms with Crippen molar-refractivity contribution < 1.29 is 19.0 Å². The van der Waals surface area contributed by atoms with Crippen LogP contribution in [-0.4, -0.2) is 32.6 Å². The topological polar surface area (TPSA) is 154 Å². The average molecular weight is 419 g/mol. The quantitative estimate of drug-likeness (QED) is 0.394. The van der Waals surface area contributed by atoms with Gasteiger partial charge in [0.15, 0.2) is 5.82 Å². The highest BCUT2D eigenvalue weighted by atomic mass is 32.2. The fourth-order valence-corrected chi connectivity index (χ4v) is 4.24. The SMILES string of the molecule is Cc1nc(C2(NC(=O)CSc3ccc(C(N)=O)cc3[N+](=O)[O-])CCCCC2)no1. The van der Waals surface area contributed by atoms with Gasteiger partial charge in [0, 0.05) is 18.6 Å². The maximum atomic E-state index is 12.7. The number of nitrogens with one attached hydrogen (secondary N) is 1. The second-order valence-electron chi connectivity index (χ2n) is 6.92. The lowest BCUT2D eigenvalue weighted by atomic mass is 9.81. The molecule has 0 saturated heterocycles. The van der Waals surface area contributed by atoms with Gasteiger partial charge in [0.25, 0.3) is 5.69 Å². The number of primary amides is 1. The molecule has 1 heterocycles. The predicted molar refractivity (Wildman–Crippen MR) is 104 cm³/mol. The first-order valence-corrected chi connectivity index (χ1v) is 10.1. The zero-order valence-corrected chi connectivity index (χ0v) is 16.7. The summed E-state index contributed by atoms with van der Waals surface area (Å²) in [6.45, 7) is 1.69. The van der Waals surface area contributed by atoms with E-state index in [9.17, 15) is 19.7 Å². The number of amides is 2. The van der Waals surface area contributed by atoms with Crippen molar-refractivity contribution in [2.24, 2.45) is 5.73 Å². The summed E-state index contributed by atoms with van der Waals surface area (Å²) in [5.41, 5.74) is 4.27. The van der Waals surface area contributed by atoms with E-state index in [1.807, 2.05) is 0 Å². The second-order valence-corrected chi connectivity index (χ2v) is 7.94. The molecule has 29 heavy (non-hydrogen) atoms. The fraction of sp³-hybridized carbons (Fsp3) is 0.444. The molecule has 10 nitrogen and oxygen atoms in total. The van der Waals surface area contributed by atoms with E-state index in [1.54, 1.807) is 6.92 Å². The van der Waals surface area contributed by atoms with E-state index >= 15 is 0 Å². The predicted octanol–water partition coefficient (Wildman–Crippen LogP) is 2.45. The molecule has 3 rings (SSSR count). The molecule has 154 valence electrons. The molecule has 1 aromatic heterocycles. The first kappa shape index (κ1) is 20.8. The van der Waals surface area contributed by atoms with Crippen molar-refractivity contribution in [3.63, 3.8) is 0 Å². The molecule has 1 saturated carbocycles. The Labute approximate surface area is 170 Å². The third-order valence-corrected chi connectivity index (χ3v) is 5.90. The zero-order chi connectivity index (χ0) is 21.0. The summed E-state index contributed by atoms with van der Waals surface area (Å²) in [6, 6.07) is 3.95. The summed E-state index contributed by atoms with van der Waals surface area (Å²) < 4.78 is 5.10. The van der Waals surface area contributed by atoms with Gasteiger partial charge in [-0.15, -0.1) is 11.8 Å². The van der Waals surface area contributed by atoms with Gasteiger partial charge >= 0.3 is 0 Å². The van der Waals surface area contributed by atoms with Crippen molar-refractivity contribution >= 4 is 29.3 Å². The smallest absolute Gasteiger partial charge is 0.283 e. The van der Waals surface area contributed by atoms with Crippen molar-refractivity contribution in [3.8, 4) is 0 Å². The lowest BCUT2D eigenvalue weighted by molar-refractivity contribution is -0.387. The minimum Gasteiger partial charge on any atom is -0.366 e. The van der Waals surface area contributed by atoms with Gasteiger partial charge in [-0.3, -0.25) is 19.7 Å². The molecule has 2 amide bonds. The Hall–Kier alpha value is -2.95. The Balaban J connectivity index is 1.73. The summed E-state index contributed by atoms with van der Waals surface area (Å²) in [6.07, 6.45) is 4.34. The van der Waals surface area contributed by atoms with Gasteiger partial charge < -0.3 is 15.6 Å². The number of benzene rings is 1. The number of aryl methyl sites for hydroxylation is 1. The fourth-order valence-electron chi connectivity index (χ4n) is 3.44. The molecule has 1 aliphatic carbocycles. The van der Waals surface area contributed by atoms with Crippen LogP contribution in [0.5, 0.6) is 0 Å². The van der Waals surface area contributed by atoms with Crippen LogP contribution in [0.1, 0.15) is 54.2 Å². The van der Waals surface area contributed by atoms with Crippen LogP contribution in [0.3, 0.4) is 0 Å². The Morgan fingerprint density at radius 1 is 1.34 bits per heavy atom. The number of thioether (sulfide) groups is 1. The molecule has 1 aromatic carbocycles. The first-order chi connectivity index (χ1) is 13.8. The number of hydrogen-bond acceptors (Lipinski definition) is 8. The van der Waals surface area contributed by atoms with Gasteiger partial charge in [0.05, 0.1) is 15.6 Å². The van der Waals surface area contributed by atoms with Crippen molar-refractivity contribution in [2.45, 2.75) is 49.5 Å². The number of carbonyl (C=O) groups excluding carboxylic acids is 2. The molecule has 0 radical (unpaired) electrons. The van der Waals surface area contributed by atoms with Crippen LogP contribution in [0.15, 0.2) is 27.6 Å². The van der Waals surface area contributed by atoms with E-state index in [0.29, 0.717) is 24.6 Å². The first-order valence-electron chi connectivity index (χ1n) is 9.13. The van der Waals surface area contributed by atoms with Gasteiger partial charge in [-0.25, -0.2) is 0 Å². The van der Waals surface area contributed by atoms with E-state index in [2.05, 4.69) is 15.5 Å². The molecule has 1 aliphatic rings. The number of nitro benzene ring substituents is 1. The van der Waals surface area contributed by atoms with Gasteiger partial charge in [-0.1, -0.05) is 24.4 Å². The molecule has 1 fully saturated rings. The number of nitro groups is 1. The highest BCUT2D eigenvalue weighted by molar-refractivity contribution is 8.00. The molecule has 2 aromatic rings. The number of carbonyl (C=O) groups is 2. The monoisotopic (exact) mass is 419 g/mol. The molecule has 3 N–H and O–H groups in total. The van der Waals surface area contributed by atoms with Crippen LogP contribution < -0.4 is 11.1 Å². The average Bonchev–Trinajstić information content (AvgIpc) is 3.14. The third kappa shape index (κ3) is 4.73. The van der Waals surface area contributed by atoms with Crippen LogP contribution in [0.4, 0.5) is 5.69 Å². The largest absolute Gasteiger partial charge is 0.366 e. The Bertz CT molecular complexity index is 938. The van der Waals surface area contributed by atoms with Crippen LogP contribution in [0, 0.1) is 17.0 Å². The Kier molecular flexibility index (Phi) is 6.16. The lowest BCUT2D eigenvalue weighted by Gasteiger charge is -2.35. The minimum absolute atomic E-state index is 0.0324. The van der Waals surface area contributed by atoms with Gasteiger partial charge in [0.1, 0.15) is 5.54 Å². The standard InChI is InChI=1S/C18H21N5O5S/c1-11-20-17(22-28-11)18(7-3-2-4-8-18)21-15(24)10-29-14-6-5-12(16(19)25)9-13(14)23(26)27/h5-6,9H,2-4,7-8,10H2,1H3,(H2,19,25)(H,21,24). The van der Waals surface area contributed by atoms with E-state index in [4.69, 9.17) is 10.3 Å². The molecule has 11 heteroatoms. The van der Waals surface area contributed by atoms with Crippen molar-refractivity contribution in [3.05, 3.63) is 45.6 Å². The molecular weight excluding hydrogens is 398 g/mol. The van der Waals surface area contributed by atoms with E-state index in [0.717, 1.165) is 37.1 Å². The van der Waals surface area contributed by atoms with Gasteiger partial charge in [-0.05, 0) is 25.0 Å². The molecule has 0 bridgehead atoms. The number of nitrogens with zero attached hydrogens (tertiary/aromatic N) is 3. The zero-order valence-electron chi connectivity index (χ0n) is 15.8. The summed E-state index contributed by atoms with van der Waals surface area (Å²) in [5.74, 6) is -0.178. The van der Waals surface area contributed by atoms with Crippen LogP contribution in [0.25, 0.3) is 0 Å². The van der Waals surface area contributed by atoms with Gasteiger partial charge in [-0.2, -0.15) is 4.98 Å². The summed E-state index contributed by atoms with van der Waals surface area (Å²) in [4.78, 5) is 39.2. The third-order valence-electron chi connectivity index (χ3n) is 4.84. The van der Waals surface area contributed by atoms with Crippen LogP contribution >= 0.6 is 11.8 Å². The van der Waals surface area contributed by atoms with Crippen molar-refractivity contribution in [2.75, 3.05) is 5.75 Å². The normalized spacial score (nSPS) is 15.6. The summed E-state index contributed by atoms with van der Waals surface area (Å²) in [7, 11) is 0. The maximum absolute atomic E-state index is 12.7. The number of nitrogens with two attached hydrogens (primary N) is 1. The molecule has 0 aliphatic heterocycles. The molecule has 0 unspecified atom stereocenters. The lowest BCUT2D eigenvalue weighted by Crippen LogP contribution is -2.48. The van der Waals surface area contributed by atoms with E-state index in [-0.39, 0.29) is 27.8 Å². The Morgan fingerprint density at radius 3 is 2.66 bits per heavy atom. The number of aromatic nitrogens is 2. The molecule has 0 atom stereocenters. The van der Waals surface area contributed by atoms with E-state index < -0.39 is 16.4 Å². The molecular formula is C18H21N5O5S. The highest BCUT2D eigenvalue weighted by Gasteiger charge is 2.39. The Morgan fingerprint density at radius 2 is 2.07 bits per heavy atom. The van der Waals surface area contributed by atoms with Crippen molar-refractivity contribution in [1.29, 1.82) is 0 Å². The highest BCUT2D eigenvalue weighted by Crippen LogP contribution is 2.36. The van der Waals surface area contributed by atoms with E-state index in [1.165, 1.54) is 12.1 Å². The van der Waals surface area contributed by atoms with Crippen LogP contribution in [0.2, 0.25) is 0 Å². The van der Waals surface area contributed by atoms with Crippen LogP contribution in [-0.2, 0) is 10.3 Å². The molecule has 0 spiro atoms.